The third-order valence-electron chi connectivity index (χ3n) is 2.42. The highest BCUT2D eigenvalue weighted by Gasteiger charge is 2.33. The largest absolute Gasteiger partial charge is 0.480 e. The Morgan fingerprint density at radius 1 is 1.35 bits per heavy atom. The van der Waals surface area contributed by atoms with Gasteiger partial charge in [-0.2, -0.15) is 0 Å². The van der Waals surface area contributed by atoms with E-state index in [0.29, 0.717) is 13.1 Å². The predicted octanol–water partition coefficient (Wildman–Crippen LogP) is 0.347. The molecule has 2 amide bonds. The van der Waals surface area contributed by atoms with Gasteiger partial charge in [-0.1, -0.05) is 20.8 Å². The summed E-state index contributed by atoms with van der Waals surface area (Å²) in [5.41, 5.74) is -0.522. The second-order valence-corrected chi connectivity index (χ2v) is 5.11. The molecule has 0 saturated carbocycles. The average molecular weight is 245 g/mol. The number of likely N-dealkylation sites (N-methyl/N-ethyl adjacent to an activating group) is 2. The van der Waals surface area contributed by atoms with Gasteiger partial charge in [-0.15, -0.1) is 0 Å². The summed E-state index contributed by atoms with van der Waals surface area (Å²) in [5, 5.41) is 14.5. The highest BCUT2D eigenvalue weighted by Crippen LogP contribution is 2.19. The van der Waals surface area contributed by atoms with Crippen molar-refractivity contribution in [1.82, 2.24) is 15.5 Å². The van der Waals surface area contributed by atoms with E-state index in [1.165, 1.54) is 4.90 Å². The first-order valence-electron chi connectivity index (χ1n) is 5.59. The number of hydrogen-bond donors (Lipinski definition) is 3. The van der Waals surface area contributed by atoms with E-state index in [0.717, 1.165) is 0 Å². The summed E-state index contributed by atoms with van der Waals surface area (Å²) in [6.07, 6.45) is 0. The van der Waals surface area contributed by atoms with Crippen molar-refractivity contribution in [3.63, 3.8) is 0 Å². The molecule has 0 aliphatic rings. The standard InChI is InChI=1S/C11H23N3O3/c1-11(2,3)8(9(15)16)13-10(17)14(5)7-6-12-4/h8,12H,6-7H2,1-5H3,(H,13,17)(H,15,16)/t8-/m1/s1. The van der Waals surface area contributed by atoms with Crippen molar-refractivity contribution < 1.29 is 14.7 Å². The number of nitrogens with one attached hydrogen (secondary N) is 2. The second-order valence-electron chi connectivity index (χ2n) is 5.11. The van der Waals surface area contributed by atoms with Gasteiger partial charge in [0.1, 0.15) is 6.04 Å². The lowest BCUT2D eigenvalue weighted by Gasteiger charge is -2.29. The van der Waals surface area contributed by atoms with Crippen LogP contribution < -0.4 is 10.6 Å². The number of carboxylic acid groups (broad SMARTS) is 1. The molecule has 0 spiro atoms. The van der Waals surface area contributed by atoms with E-state index in [4.69, 9.17) is 5.11 Å². The molecule has 0 aromatic rings. The van der Waals surface area contributed by atoms with E-state index in [9.17, 15) is 9.59 Å². The van der Waals surface area contributed by atoms with Crippen LogP contribution >= 0.6 is 0 Å². The van der Waals surface area contributed by atoms with Crippen LogP contribution in [0.2, 0.25) is 0 Å². The molecule has 0 radical (unpaired) electrons. The Morgan fingerprint density at radius 3 is 2.24 bits per heavy atom. The van der Waals surface area contributed by atoms with Gasteiger partial charge in [0.05, 0.1) is 0 Å². The molecule has 0 fully saturated rings. The average Bonchev–Trinajstić information content (AvgIpc) is 2.19. The summed E-state index contributed by atoms with van der Waals surface area (Å²) in [6, 6.07) is -1.27. The van der Waals surface area contributed by atoms with Crippen LogP contribution in [0.1, 0.15) is 20.8 Å². The summed E-state index contributed by atoms with van der Waals surface area (Å²) < 4.78 is 0. The Bertz CT molecular complexity index is 274. The second kappa shape index (κ2) is 6.44. The van der Waals surface area contributed by atoms with Gasteiger partial charge in [0, 0.05) is 20.1 Å². The van der Waals surface area contributed by atoms with Crippen molar-refractivity contribution in [2.75, 3.05) is 27.2 Å². The Morgan fingerprint density at radius 2 is 1.88 bits per heavy atom. The highest BCUT2D eigenvalue weighted by molar-refractivity contribution is 5.83. The Balaban J connectivity index is 4.47. The molecule has 17 heavy (non-hydrogen) atoms. The van der Waals surface area contributed by atoms with E-state index in [2.05, 4.69) is 10.6 Å². The molecule has 0 aromatic carbocycles. The van der Waals surface area contributed by atoms with Gasteiger partial charge in [-0.25, -0.2) is 9.59 Å². The van der Waals surface area contributed by atoms with Crippen molar-refractivity contribution >= 4 is 12.0 Å². The maximum absolute atomic E-state index is 11.7. The van der Waals surface area contributed by atoms with Crippen molar-refractivity contribution in [1.29, 1.82) is 0 Å². The minimum Gasteiger partial charge on any atom is -0.480 e. The zero-order valence-corrected chi connectivity index (χ0v) is 11.2. The smallest absolute Gasteiger partial charge is 0.326 e. The Kier molecular flexibility index (Phi) is 5.95. The van der Waals surface area contributed by atoms with E-state index in [1.54, 1.807) is 34.9 Å². The van der Waals surface area contributed by atoms with Crippen molar-refractivity contribution in [3.8, 4) is 0 Å². The summed E-state index contributed by atoms with van der Waals surface area (Å²) in [6.45, 7) is 6.52. The van der Waals surface area contributed by atoms with E-state index < -0.39 is 17.4 Å². The molecule has 0 saturated heterocycles. The van der Waals surface area contributed by atoms with Gasteiger partial charge in [-0.05, 0) is 12.5 Å². The van der Waals surface area contributed by atoms with Crippen LogP contribution in [-0.4, -0.2) is 55.2 Å². The van der Waals surface area contributed by atoms with Crippen LogP contribution in [0, 0.1) is 5.41 Å². The zero-order valence-electron chi connectivity index (χ0n) is 11.2. The molecule has 0 heterocycles. The number of rotatable bonds is 5. The molecule has 100 valence electrons. The SMILES string of the molecule is CNCCN(C)C(=O)N[C@H](C(=O)O)C(C)(C)C. The number of aliphatic carboxylic acids is 1. The van der Waals surface area contributed by atoms with Crippen LogP contribution in [0.25, 0.3) is 0 Å². The third kappa shape index (κ3) is 5.53. The number of nitrogens with zero attached hydrogens (tertiary/aromatic N) is 1. The lowest BCUT2D eigenvalue weighted by atomic mass is 9.87. The van der Waals surface area contributed by atoms with Crippen molar-refractivity contribution in [3.05, 3.63) is 0 Å². The first kappa shape index (κ1) is 15.7. The lowest BCUT2D eigenvalue weighted by Crippen LogP contribution is -2.53. The number of urea groups is 1. The highest BCUT2D eigenvalue weighted by atomic mass is 16.4. The van der Waals surface area contributed by atoms with Crippen LogP contribution in [0.5, 0.6) is 0 Å². The van der Waals surface area contributed by atoms with Crippen LogP contribution in [0.4, 0.5) is 4.79 Å². The van der Waals surface area contributed by atoms with E-state index >= 15 is 0 Å². The van der Waals surface area contributed by atoms with Crippen LogP contribution in [0.15, 0.2) is 0 Å². The number of carbonyl (C=O) groups is 2. The van der Waals surface area contributed by atoms with Gasteiger partial charge in [-0.3, -0.25) is 0 Å². The number of carboxylic acids is 1. The molecule has 3 N–H and O–H groups in total. The zero-order chi connectivity index (χ0) is 13.6. The topological polar surface area (TPSA) is 81.7 Å². The van der Waals surface area contributed by atoms with E-state index in [-0.39, 0.29) is 6.03 Å². The molecule has 0 aliphatic heterocycles. The first-order valence-corrected chi connectivity index (χ1v) is 5.59. The van der Waals surface area contributed by atoms with Gasteiger partial charge >= 0.3 is 12.0 Å². The maximum atomic E-state index is 11.7. The fraction of sp³-hybridized carbons (Fsp3) is 0.818. The molecule has 0 aromatic heterocycles. The molecular formula is C11H23N3O3. The monoisotopic (exact) mass is 245 g/mol. The molecule has 0 aliphatic carbocycles. The van der Waals surface area contributed by atoms with Gasteiger partial charge in [0.15, 0.2) is 0 Å². The quantitative estimate of drug-likeness (QED) is 0.652. The minimum atomic E-state index is -1.02. The van der Waals surface area contributed by atoms with Gasteiger partial charge in [0.25, 0.3) is 0 Å². The molecule has 6 nitrogen and oxygen atoms in total. The fourth-order valence-electron chi connectivity index (χ4n) is 1.26. The van der Waals surface area contributed by atoms with Gasteiger partial charge in [0.2, 0.25) is 0 Å². The predicted molar refractivity (Wildman–Crippen MR) is 66.0 cm³/mol. The van der Waals surface area contributed by atoms with Gasteiger partial charge < -0.3 is 20.6 Å². The Labute approximate surface area is 102 Å². The van der Waals surface area contributed by atoms with Crippen LogP contribution in [0.3, 0.4) is 0 Å². The normalized spacial score (nSPS) is 13.0. The van der Waals surface area contributed by atoms with E-state index in [1.807, 2.05) is 0 Å². The number of amides is 2. The molecule has 0 rings (SSSR count). The summed E-state index contributed by atoms with van der Waals surface area (Å²) in [5.74, 6) is -1.02. The fourth-order valence-corrected chi connectivity index (χ4v) is 1.26. The Hall–Kier alpha value is -1.30. The molecule has 0 unspecified atom stereocenters. The minimum absolute atomic E-state index is 0.373. The molecular weight excluding hydrogens is 222 g/mol. The lowest BCUT2D eigenvalue weighted by molar-refractivity contribution is -0.142. The third-order valence-corrected chi connectivity index (χ3v) is 2.42. The molecule has 0 bridgehead atoms. The summed E-state index contributed by atoms with van der Waals surface area (Å²) in [4.78, 5) is 24.3. The first-order chi connectivity index (χ1) is 7.70. The van der Waals surface area contributed by atoms with Crippen molar-refractivity contribution in [2.24, 2.45) is 5.41 Å². The summed E-state index contributed by atoms with van der Waals surface area (Å²) in [7, 11) is 3.43. The van der Waals surface area contributed by atoms with Crippen molar-refractivity contribution in [2.45, 2.75) is 26.8 Å². The molecule has 1 atom stereocenters. The molecule has 6 heteroatoms. The summed E-state index contributed by atoms with van der Waals surface area (Å²) >= 11 is 0. The maximum Gasteiger partial charge on any atom is 0.326 e. The number of carbonyl (C=O) groups excluding carboxylic acids is 1. The number of hydrogen-bond acceptors (Lipinski definition) is 3. The van der Waals surface area contributed by atoms with Crippen LogP contribution in [-0.2, 0) is 4.79 Å².